The van der Waals surface area contributed by atoms with Crippen molar-refractivity contribution >= 4 is 28.9 Å². The van der Waals surface area contributed by atoms with Crippen LogP contribution in [0.5, 0.6) is 0 Å². The summed E-state index contributed by atoms with van der Waals surface area (Å²) < 4.78 is 1.90. The summed E-state index contributed by atoms with van der Waals surface area (Å²) in [4.78, 5) is 27.2. The summed E-state index contributed by atoms with van der Waals surface area (Å²) in [5, 5.41) is 22.9. The zero-order chi connectivity index (χ0) is 24.2. The maximum atomic E-state index is 12.7. The Hall–Kier alpha value is -4.57. The van der Waals surface area contributed by atoms with Gasteiger partial charge in [0.05, 0.1) is 5.56 Å². The van der Waals surface area contributed by atoms with Crippen LogP contribution in [0.15, 0.2) is 66.4 Å². The number of nitriles is 1. The quantitative estimate of drug-likeness (QED) is 0.282. The fourth-order valence-corrected chi connectivity index (χ4v) is 4.16. The summed E-state index contributed by atoms with van der Waals surface area (Å²) in [6.45, 7) is 4.17. The van der Waals surface area contributed by atoms with E-state index in [1.807, 2.05) is 67.1 Å². The molecule has 170 valence electrons. The highest BCUT2D eigenvalue weighted by Gasteiger charge is 2.15. The number of carbonyl (C=O) groups is 2. The molecule has 1 amide bonds. The number of carboxylic acids is 1. The topological polar surface area (TPSA) is 111 Å². The number of amides is 1. The molecule has 4 rings (SSSR count). The number of carbonyl (C=O) groups excluding carboxylic acids is 1. The van der Waals surface area contributed by atoms with Gasteiger partial charge < -0.3 is 20.0 Å². The Labute approximate surface area is 197 Å². The van der Waals surface area contributed by atoms with Gasteiger partial charge in [-0.3, -0.25) is 4.79 Å². The first kappa shape index (κ1) is 22.6. The number of fused-ring (bicyclic) bond motifs is 1. The van der Waals surface area contributed by atoms with Crippen LogP contribution in [0.2, 0.25) is 0 Å². The molecule has 0 radical (unpaired) electrons. The van der Waals surface area contributed by atoms with E-state index >= 15 is 0 Å². The third kappa shape index (κ3) is 4.48. The van der Waals surface area contributed by atoms with Gasteiger partial charge in [0.25, 0.3) is 5.91 Å². The van der Waals surface area contributed by atoms with Gasteiger partial charge in [0.1, 0.15) is 11.6 Å². The average molecular weight is 453 g/mol. The van der Waals surface area contributed by atoms with E-state index in [4.69, 9.17) is 0 Å². The summed E-state index contributed by atoms with van der Waals surface area (Å²) in [6.07, 6.45) is 4.15. The fraction of sp³-hybridized carbons (Fsp3) is 0.148. The van der Waals surface area contributed by atoms with Gasteiger partial charge in [-0.25, -0.2) is 4.79 Å². The molecule has 0 atom stereocenters. The van der Waals surface area contributed by atoms with Crippen LogP contribution >= 0.6 is 0 Å². The van der Waals surface area contributed by atoms with E-state index in [2.05, 4.69) is 10.3 Å². The highest BCUT2D eigenvalue weighted by Crippen LogP contribution is 2.24. The molecule has 0 saturated carbocycles. The van der Waals surface area contributed by atoms with Crippen molar-refractivity contribution in [3.63, 3.8) is 0 Å². The molecule has 0 unspecified atom stereocenters. The van der Waals surface area contributed by atoms with E-state index in [-0.39, 0.29) is 11.1 Å². The number of nitrogens with zero attached hydrogens (tertiary/aromatic N) is 2. The molecule has 0 aliphatic heterocycles. The van der Waals surface area contributed by atoms with Crippen molar-refractivity contribution in [2.75, 3.05) is 6.54 Å². The van der Waals surface area contributed by atoms with Crippen LogP contribution in [0.3, 0.4) is 0 Å². The molecule has 3 N–H and O–H groups in total. The van der Waals surface area contributed by atoms with Crippen molar-refractivity contribution in [2.24, 2.45) is 0 Å². The summed E-state index contributed by atoms with van der Waals surface area (Å²) in [5.41, 5.74) is 5.45. The maximum Gasteiger partial charge on any atom is 0.335 e. The third-order valence-corrected chi connectivity index (χ3v) is 5.84. The van der Waals surface area contributed by atoms with Crippen LogP contribution in [-0.2, 0) is 11.2 Å². The maximum absolute atomic E-state index is 12.7. The molecule has 0 spiro atoms. The summed E-state index contributed by atoms with van der Waals surface area (Å²) in [7, 11) is 0. The summed E-state index contributed by atoms with van der Waals surface area (Å²) >= 11 is 0. The SMILES string of the molecule is Cc1cc(/C=C(/C#N)C(=O)NCCc2c[nH]c3ccccc23)c(C)n1-c1cccc(C(=O)O)c1. The Morgan fingerprint density at radius 1 is 1.15 bits per heavy atom. The zero-order valence-corrected chi connectivity index (χ0v) is 18.9. The molecule has 0 saturated heterocycles. The molecule has 7 nitrogen and oxygen atoms in total. The van der Waals surface area contributed by atoms with Gasteiger partial charge in [-0.15, -0.1) is 0 Å². The zero-order valence-electron chi connectivity index (χ0n) is 18.9. The number of para-hydroxylation sites is 1. The monoisotopic (exact) mass is 452 g/mol. The first-order valence-corrected chi connectivity index (χ1v) is 10.9. The summed E-state index contributed by atoms with van der Waals surface area (Å²) in [5.74, 6) is -1.43. The smallest absolute Gasteiger partial charge is 0.335 e. The number of hydrogen-bond acceptors (Lipinski definition) is 3. The van der Waals surface area contributed by atoms with E-state index in [0.29, 0.717) is 18.7 Å². The molecule has 0 aliphatic carbocycles. The molecule has 2 aromatic heterocycles. The lowest BCUT2D eigenvalue weighted by Gasteiger charge is -2.10. The van der Waals surface area contributed by atoms with Crippen LogP contribution in [0.25, 0.3) is 22.7 Å². The number of rotatable bonds is 7. The summed E-state index contributed by atoms with van der Waals surface area (Å²) in [6, 6.07) is 18.5. The van der Waals surface area contributed by atoms with Gasteiger partial charge in [0.2, 0.25) is 0 Å². The van der Waals surface area contributed by atoms with Gasteiger partial charge in [0.15, 0.2) is 0 Å². The molecule has 2 heterocycles. The highest BCUT2D eigenvalue weighted by molar-refractivity contribution is 6.01. The number of aryl methyl sites for hydroxylation is 1. The normalized spacial score (nSPS) is 11.4. The molecule has 0 aliphatic rings. The van der Waals surface area contributed by atoms with Crippen molar-refractivity contribution in [3.8, 4) is 11.8 Å². The standard InChI is InChI=1S/C27H24N4O3/c1-17-12-21(18(2)31(17)23-7-5-6-19(14-23)27(33)34)13-22(15-28)26(32)29-11-10-20-16-30-25-9-4-3-8-24(20)25/h3-9,12-14,16,30H,10-11H2,1-2H3,(H,29,32)(H,33,34)/b22-13-. The Bertz CT molecular complexity index is 1470. The van der Waals surface area contributed by atoms with Gasteiger partial charge >= 0.3 is 5.97 Å². The Morgan fingerprint density at radius 3 is 2.71 bits per heavy atom. The van der Waals surface area contributed by atoms with Crippen molar-refractivity contribution in [3.05, 3.63) is 94.4 Å². The predicted octanol–water partition coefficient (Wildman–Crippen LogP) is 4.54. The minimum Gasteiger partial charge on any atom is -0.478 e. The van der Waals surface area contributed by atoms with Crippen molar-refractivity contribution < 1.29 is 14.7 Å². The number of hydrogen-bond donors (Lipinski definition) is 3. The number of benzene rings is 2. The first-order chi connectivity index (χ1) is 16.4. The number of aromatic amines is 1. The van der Waals surface area contributed by atoms with E-state index in [1.165, 1.54) is 6.07 Å². The highest BCUT2D eigenvalue weighted by atomic mass is 16.4. The third-order valence-electron chi connectivity index (χ3n) is 5.84. The van der Waals surface area contributed by atoms with Gasteiger partial charge in [0, 0.05) is 40.7 Å². The first-order valence-electron chi connectivity index (χ1n) is 10.9. The molecular formula is C27H24N4O3. The number of aromatic carboxylic acids is 1. The Balaban J connectivity index is 1.51. The Morgan fingerprint density at radius 2 is 1.94 bits per heavy atom. The van der Waals surface area contributed by atoms with Crippen LogP contribution < -0.4 is 5.32 Å². The number of nitrogens with one attached hydrogen (secondary N) is 2. The number of H-pyrrole nitrogens is 1. The van der Waals surface area contributed by atoms with Crippen LogP contribution in [0.4, 0.5) is 0 Å². The minimum absolute atomic E-state index is 0.0125. The van der Waals surface area contributed by atoms with E-state index < -0.39 is 11.9 Å². The molecule has 4 aromatic rings. The van der Waals surface area contributed by atoms with Gasteiger partial charge in [-0.05, 0) is 67.8 Å². The fourth-order valence-electron chi connectivity index (χ4n) is 4.16. The van der Waals surface area contributed by atoms with E-state index in [0.717, 1.165) is 33.4 Å². The van der Waals surface area contributed by atoms with Gasteiger partial charge in [-0.2, -0.15) is 5.26 Å². The van der Waals surface area contributed by atoms with Crippen molar-refractivity contribution in [1.29, 1.82) is 5.26 Å². The molecule has 0 bridgehead atoms. The molecule has 34 heavy (non-hydrogen) atoms. The number of aromatic nitrogens is 2. The van der Waals surface area contributed by atoms with Crippen LogP contribution in [0.1, 0.15) is 32.9 Å². The molecule has 0 fully saturated rings. The van der Waals surface area contributed by atoms with Crippen molar-refractivity contribution in [2.45, 2.75) is 20.3 Å². The average Bonchev–Trinajstić information content (AvgIpc) is 3.37. The lowest BCUT2D eigenvalue weighted by atomic mass is 10.1. The lowest BCUT2D eigenvalue weighted by molar-refractivity contribution is -0.117. The number of carboxylic acid groups (broad SMARTS) is 1. The van der Waals surface area contributed by atoms with E-state index in [9.17, 15) is 20.0 Å². The lowest BCUT2D eigenvalue weighted by Crippen LogP contribution is -2.26. The van der Waals surface area contributed by atoms with Crippen LogP contribution in [-0.4, -0.2) is 33.1 Å². The largest absolute Gasteiger partial charge is 0.478 e. The molecule has 2 aromatic carbocycles. The van der Waals surface area contributed by atoms with Crippen molar-refractivity contribution in [1.82, 2.24) is 14.9 Å². The second-order valence-electron chi connectivity index (χ2n) is 8.05. The van der Waals surface area contributed by atoms with Gasteiger partial charge in [-0.1, -0.05) is 24.3 Å². The predicted molar refractivity (Wildman–Crippen MR) is 131 cm³/mol. The second kappa shape index (κ2) is 9.51. The minimum atomic E-state index is -1.000. The van der Waals surface area contributed by atoms with E-state index in [1.54, 1.807) is 18.2 Å². The second-order valence-corrected chi connectivity index (χ2v) is 8.05. The Kier molecular flexibility index (Phi) is 6.33. The van der Waals surface area contributed by atoms with Crippen LogP contribution in [0, 0.1) is 25.2 Å². The molecule has 7 heteroatoms. The molecular weight excluding hydrogens is 428 g/mol.